The Labute approximate surface area is 165 Å². The van der Waals surface area contributed by atoms with Crippen molar-refractivity contribution in [2.45, 2.75) is 45.9 Å². The molecule has 0 radical (unpaired) electrons. The predicted octanol–water partition coefficient (Wildman–Crippen LogP) is 3.36. The van der Waals surface area contributed by atoms with Crippen molar-refractivity contribution in [2.24, 2.45) is 0 Å². The van der Waals surface area contributed by atoms with Gasteiger partial charge < -0.3 is 19.5 Å². The van der Waals surface area contributed by atoms with Crippen molar-refractivity contribution in [1.29, 1.82) is 5.26 Å². The van der Waals surface area contributed by atoms with Gasteiger partial charge in [0.2, 0.25) is 0 Å². The normalized spacial score (nSPS) is 15.7. The van der Waals surface area contributed by atoms with E-state index in [1.54, 1.807) is 31.2 Å². The third kappa shape index (κ3) is 4.55. The monoisotopic (exact) mass is 380 g/mol. The molecule has 0 saturated heterocycles. The molecule has 28 heavy (non-hydrogen) atoms. The van der Waals surface area contributed by atoms with Gasteiger partial charge in [0.25, 0.3) is 5.91 Å². The molecular formula is C22H24N2O4. The molecule has 0 aromatic heterocycles. The highest BCUT2D eigenvalue weighted by Crippen LogP contribution is 2.35. The Morgan fingerprint density at radius 3 is 2.79 bits per heavy atom. The van der Waals surface area contributed by atoms with Gasteiger partial charge in [-0.15, -0.1) is 0 Å². The van der Waals surface area contributed by atoms with E-state index in [-0.39, 0.29) is 12.0 Å². The summed E-state index contributed by atoms with van der Waals surface area (Å²) in [7, 11) is 0. The first-order chi connectivity index (χ1) is 13.5. The van der Waals surface area contributed by atoms with Crippen LogP contribution in [-0.2, 0) is 17.8 Å². The fraction of sp³-hybridized carbons (Fsp3) is 0.364. The Hall–Kier alpha value is -3.20. The highest BCUT2D eigenvalue weighted by atomic mass is 16.5. The molecule has 0 saturated carbocycles. The molecule has 0 fully saturated rings. The Kier molecular flexibility index (Phi) is 6.05. The summed E-state index contributed by atoms with van der Waals surface area (Å²) in [5.41, 5.74) is 2.54. The van der Waals surface area contributed by atoms with Gasteiger partial charge in [-0.3, -0.25) is 4.79 Å². The number of amides is 1. The van der Waals surface area contributed by atoms with Crippen molar-refractivity contribution in [3.8, 4) is 23.3 Å². The molecule has 1 N–H and O–H groups in total. The Balaban J connectivity index is 1.63. The number of benzene rings is 2. The van der Waals surface area contributed by atoms with E-state index in [4.69, 9.17) is 19.5 Å². The second kappa shape index (κ2) is 8.66. The van der Waals surface area contributed by atoms with Gasteiger partial charge in [0.1, 0.15) is 23.4 Å². The molecule has 1 aliphatic rings. The summed E-state index contributed by atoms with van der Waals surface area (Å²) < 4.78 is 17.2. The van der Waals surface area contributed by atoms with Crippen LogP contribution in [0.25, 0.3) is 0 Å². The second-order valence-electron chi connectivity index (χ2n) is 6.75. The number of nitrogens with one attached hydrogen (secondary N) is 1. The van der Waals surface area contributed by atoms with Crippen molar-refractivity contribution >= 4 is 5.91 Å². The summed E-state index contributed by atoms with van der Waals surface area (Å²) in [6.07, 6.45) is 0.335. The lowest BCUT2D eigenvalue weighted by atomic mass is 10.1. The molecule has 0 bridgehead atoms. The third-order valence-electron chi connectivity index (χ3n) is 4.50. The number of hydrogen-bond acceptors (Lipinski definition) is 5. The fourth-order valence-corrected chi connectivity index (χ4v) is 3.10. The molecule has 6 heteroatoms. The maximum Gasteiger partial charge on any atom is 0.261 e. The van der Waals surface area contributed by atoms with Crippen LogP contribution in [0.3, 0.4) is 0 Å². The molecule has 1 aliphatic heterocycles. The van der Waals surface area contributed by atoms with Crippen LogP contribution >= 0.6 is 0 Å². The molecule has 3 rings (SSSR count). The Bertz CT molecular complexity index is 887. The van der Waals surface area contributed by atoms with E-state index >= 15 is 0 Å². The summed E-state index contributed by atoms with van der Waals surface area (Å²) in [6.45, 7) is 6.52. The largest absolute Gasteiger partial charge is 0.494 e. The van der Waals surface area contributed by atoms with Crippen LogP contribution in [0.5, 0.6) is 17.2 Å². The van der Waals surface area contributed by atoms with Crippen molar-refractivity contribution in [1.82, 2.24) is 5.32 Å². The van der Waals surface area contributed by atoms with Crippen LogP contribution in [0.1, 0.15) is 37.5 Å². The zero-order chi connectivity index (χ0) is 20.1. The van der Waals surface area contributed by atoms with E-state index in [1.165, 1.54) is 0 Å². The van der Waals surface area contributed by atoms with Crippen LogP contribution < -0.4 is 19.5 Å². The highest BCUT2D eigenvalue weighted by Gasteiger charge is 2.22. The van der Waals surface area contributed by atoms with E-state index < -0.39 is 6.10 Å². The van der Waals surface area contributed by atoms with Gasteiger partial charge in [-0.2, -0.15) is 5.26 Å². The second-order valence-corrected chi connectivity index (χ2v) is 6.75. The van der Waals surface area contributed by atoms with E-state index in [2.05, 4.69) is 5.32 Å². The standard InChI is InChI=1S/C22H24N2O4/c1-4-26-20-10-17-9-14(2)27-21(17)11-18(20)13-24-22(25)15(3)28-19-7-5-16(12-23)6-8-19/h5-8,10-11,14-15H,4,9,13H2,1-3H3,(H,24,25)/t14-,15+/m0/s1. The number of ether oxygens (including phenoxy) is 3. The molecule has 6 nitrogen and oxygen atoms in total. The molecule has 1 amide bonds. The van der Waals surface area contributed by atoms with E-state index in [9.17, 15) is 4.79 Å². The lowest BCUT2D eigenvalue weighted by Gasteiger charge is -2.16. The van der Waals surface area contributed by atoms with Gasteiger partial charge in [0.15, 0.2) is 6.10 Å². The minimum atomic E-state index is -0.672. The summed E-state index contributed by atoms with van der Waals surface area (Å²) in [5.74, 6) is 1.92. The lowest BCUT2D eigenvalue weighted by Crippen LogP contribution is -2.36. The maximum absolute atomic E-state index is 12.4. The van der Waals surface area contributed by atoms with Crippen LogP contribution in [-0.4, -0.2) is 24.7 Å². The maximum atomic E-state index is 12.4. The number of carbonyl (C=O) groups excluding carboxylic acids is 1. The summed E-state index contributed by atoms with van der Waals surface area (Å²) in [5, 5.41) is 11.7. The van der Waals surface area contributed by atoms with E-state index in [0.717, 1.165) is 29.0 Å². The number of carbonyl (C=O) groups is 1. The van der Waals surface area contributed by atoms with Crippen molar-refractivity contribution in [3.05, 3.63) is 53.1 Å². The number of fused-ring (bicyclic) bond motifs is 1. The first-order valence-corrected chi connectivity index (χ1v) is 9.40. The third-order valence-corrected chi connectivity index (χ3v) is 4.50. The van der Waals surface area contributed by atoms with Gasteiger partial charge in [-0.05, 0) is 57.2 Å². The van der Waals surface area contributed by atoms with Gasteiger partial charge >= 0.3 is 0 Å². The molecule has 0 aliphatic carbocycles. The topological polar surface area (TPSA) is 80.6 Å². The molecular weight excluding hydrogens is 356 g/mol. The highest BCUT2D eigenvalue weighted by molar-refractivity contribution is 5.80. The number of nitriles is 1. The summed E-state index contributed by atoms with van der Waals surface area (Å²) in [6, 6.07) is 12.6. The first-order valence-electron chi connectivity index (χ1n) is 9.40. The zero-order valence-corrected chi connectivity index (χ0v) is 16.3. The number of hydrogen-bond donors (Lipinski definition) is 1. The van der Waals surface area contributed by atoms with Crippen LogP contribution in [0, 0.1) is 11.3 Å². The van der Waals surface area contributed by atoms with Gasteiger partial charge in [0, 0.05) is 24.1 Å². The van der Waals surface area contributed by atoms with Gasteiger partial charge in [-0.25, -0.2) is 0 Å². The quantitative estimate of drug-likeness (QED) is 0.797. The smallest absolute Gasteiger partial charge is 0.261 e. The average Bonchev–Trinajstić information content (AvgIpc) is 3.05. The molecule has 0 spiro atoms. The average molecular weight is 380 g/mol. The Morgan fingerprint density at radius 2 is 2.11 bits per heavy atom. The molecule has 1 heterocycles. The lowest BCUT2D eigenvalue weighted by molar-refractivity contribution is -0.127. The van der Waals surface area contributed by atoms with Crippen LogP contribution in [0.2, 0.25) is 0 Å². The zero-order valence-electron chi connectivity index (χ0n) is 16.3. The van der Waals surface area contributed by atoms with Gasteiger partial charge in [-0.1, -0.05) is 0 Å². The Morgan fingerprint density at radius 1 is 1.36 bits per heavy atom. The van der Waals surface area contributed by atoms with Crippen molar-refractivity contribution in [2.75, 3.05) is 6.61 Å². The first kappa shape index (κ1) is 19.6. The molecule has 2 aromatic carbocycles. The van der Waals surface area contributed by atoms with Crippen molar-refractivity contribution < 1.29 is 19.0 Å². The van der Waals surface area contributed by atoms with Crippen LogP contribution in [0.15, 0.2) is 36.4 Å². The SMILES string of the molecule is CCOc1cc2c(cc1CNC(=O)[C@@H](C)Oc1ccc(C#N)cc1)O[C@@H](C)C2. The molecule has 2 aromatic rings. The van der Waals surface area contributed by atoms with Crippen LogP contribution in [0.4, 0.5) is 0 Å². The molecule has 0 unspecified atom stereocenters. The minimum Gasteiger partial charge on any atom is -0.494 e. The fourth-order valence-electron chi connectivity index (χ4n) is 3.10. The summed E-state index contributed by atoms with van der Waals surface area (Å²) in [4.78, 5) is 12.4. The molecule has 2 atom stereocenters. The van der Waals surface area contributed by atoms with Gasteiger partial charge in [0.05, 0.1) is 18.2 Å². The van der Waals surface area contributed by atoms with Crippen molar-refractivity contribution in [3.63, 3.8) is 0 Å². The predicted molar refractivity (Wildman–Crippen MR) is 104 cm³/mol. The molecule has 146 valence electrons. The van der Waals surface area contributed by atoms with E-state index in [0.29, 0.717) is 24.5 Å². The minimum absolute atomic E-state index is 0.148. The van der Waals surface area contributed by atoms with E-state index in [1.807, 2.05) is 32.0 Å². The number of nitrogens with zero attached hydrogens (tertiary/aromatic N) is 1. The summed E-state index contributed by atoms with van der Waals surface area (Å²) >= 11 is 0. The number of rotatable bonds is 7.